The Morgan fingerprint density at radius 1 is 1.06 bits per heavy atom. The molecule has 0 radical (unpaired) electrons. The number of aromatic nitrogens is 2. The second kappa shape index (κ2) is 9.02. The van der Waals surface area contributed by atoms with E-state index < -0.39 is 0 Å². The normalized spacial score (nSPS) is 15.0. The summed E-state index contributed by atoms with van der Waals surface area (Å²) in [5.41, 5.74) is 2.64. The Balaban J connectivity index is 1.62. The molecule has 0 unspecified atom stereocenters. The molecule has 1 aromatic heterocycles. The molecule has 1 saturated heterocycles. The summed E-state index contributed by atoms with van der Waals surface area (Å²) in [7, 11) is 0. The van der Waals surface area contributed by atoms with Gasteiger partial charge in [0.25, 0.3) is 0 Å². The summed E-state index contributed by atoms with van der Waals surface area (Å²) >= 11 is 0. The van der Waals surface area contributed by atoms with Gasteiger partial charge in [0.1, 0.15) is 17.4 Å². The second-order valence-corrected chi connectivity index (χ2v) is 8.81. The van der Waals surface area contributed by atoms with Crippen LogP contribution in [0.1, 0.15) is 25.8 Å². The number of ketones is 1. The van der Waals surface area contributed by atoms with Crippen molar-refractivity contribution in [1.29, 1.82) is 0 Å². The molecular weight excluding hydrogens is 388 g/mol. The number of Topliss-reactive ketones (excluding diaryl/α,β-unsaturated/α-hetero) is 1. The average Bonchev–Trinajstić information content (AvgIpc) is 2.73. The van der Waals surface area contributed by atoms with Crippen LogP contribution in [0.25, 0.3) is 22.3 Å². The number of phenolic OH excluding ortho intramolecular Hbond substituents is 1. The van der Waals surface area contributed by atoms with Gasteiger partial charge in [-0.3, -0.25) is 9.69 Å². The first-order valence-electron chi connectivity index (χ1n) is 11.0. The molecule has 1 fully saturated rings. The number of nitrogens with zero attached hydrogens (tertiary/aromatic N) is 4. The molecule has 0 saturated carbocycles. The largest absolute Gasteiger partial charge is 0.507 e. The van der Waals surface area contributed by atoms with Gasteiger partial charge in [0.05, 0.1) is 17.6 Å². The smallest absolute Gasteiger partial charge is 0.165 e. The number of piperazine rings is 1. The first-order valence-corrected chi connectivity index (χ1v) is 11.0. The number of hydrogen-bond donors (Lipinski definition) is 1. The molecule has 1 N–H and O–H groups in total. The van der Waals surface area contributed by atoms with Gasteiger partial charge in [-0.15, -0.1) is 0 Å². The fourth-order valence-corrected chi connectivity index (χ4v) is 4.13. The van der Waals surface area contributed by atoms with E-state index in [0.29, 0.717) is 36.1 Å². The molecule has 6 nitrogen and oxygen atoms in total. The lowest BCUT2D eigenvalue weighted by Gasteiger charge is -2.35. The molecule has 6 heteroatoms. The number of benzene rings is 2. The van der Waals surface area contributed by atoms with Crippen LogP contribution in [0.15, 0.2) is 42.5 Å². The summed E-state index contributed by atoms with van der Waals surface area (Å²) < 4.78 is 0. The molecule has 2 aromatic carbocycles. The van der Waals surface area contributed by atoms with Gasteiger partial charge in [-0.05, 0) is 42.7 Å². The zero-order chi connectivity index (χ0) is 22.0. The number of phenols is 1. The van der Waals surface area contributed by atoms with Crippen LogP contribution in [0, 0.1) is 12.8 Å². The van der Waals surface area contributed by atoms with E-state index in [1.807, 2.05) is 19.1 Å². The van der Waals surface area contributed by atoms with Crippen molar-refractivity contribution < 1.29 is 9.90 Å². The highest BCUT2D eigenvalue weighted by Crippen LogP contribution is 2.32. The molecular formula is C25H30N4O2. The van der Waals surface area contributed by atoms with Gasteiger partial charge < -0.3 is 10.0 Å². The van der Waals surface area contributed by atoms with Crippen LogP contribution in [0.5, 0.6) is 5.75 Å². The summed E-state index contributed by atoms with van der Waals surface area (Å²) in [6, 6.07) is 13.4. The SMILES string of the molecule is Cc1ccc2c(N3CCN(CC(=O)CC(C)C)CC3)nc(-c3ccccc3O)nc2c1. The fourth-order valence-electron chi connectivity index (χ4n) is 4.13. The predicted molar refractivity (Wildman–Crippen MR) is 124 cm³/mol. The Kier molecular flexibility index (Phi) is 6.18. The van der Waals surface area contributed by atoms with E-state index in [-0.39, 0.29) is 5.75 Å². The number of aromatic hydroxyl groups is 1. The van der Waals surface area contributed by atoms with E-state index in [4.69, 9.17) is 9.97 Å². The third kappa shape index (κ3) is 4.85. The van der Waals surface area contributed by atoms with Crippen molar-refractivity contribution >= 4 is 22.5 Å². The number of para-hydroxylation sites is 1. The minimum Gasteiger partial charge on any atom is -0.507 e. The summed E-state index contributed by atoms with van der Waals surface area (Å²) in [4.78, 5) is 26.4. The van der Waals surface area contributed by atoms with Crippen LogP contribution in [-0.4, -0.2) is 58.5 Å². The fraction of sp³-hybridized carbons (Fsp3) is 0.400. The lowest BCUT2D eigenvalue weighted by Crippen LogP contribution is -2.48. The van der Waals surface area contributed by atoms with Gasteiger partial charge in [-0.25, -0.2) is 9.97 Å². The highest BCUT2D eigenvalue weighted by atomic mass is 16.3. The molecule has 0 atom stereocenters. The van der Waals surface area contributed by atoms with E-state index in [0.717, 1.165) is 48.5 Å². The van der Waals surface area contributed by atoms with E-state index in [9.17, 15) is 9.90 Å². The topological polar surface area (TPSA) is 69.6 Å². The van der Waals surface area contributed by atoms with Gasteiger partial charge in [0, 0.05) is 38.0 Å². The second-order valence-electron chi connectivity index (χ2n) is 8.81. The molecule has 2 heterocycles. The van der Waals surface area contributed by atoms with Gasteiger partial charge in [0.15, 0.2) is 5.82 Å². The standard InChI is InChI=1S/C25H30N4O2/c1-17(2)14-19(30)16-28-10-12-29(13-11-28)25-20-9-8-18(3)15-22(20)26-24(27-25)21-6-4-5-7-23(21)31/h4-9,15,17,31H,10-14,16H2,1-3H3. The number of rotatable bonds is 6. The molecule has 4 rings (SSSR count). The van der Waals surface area contributed by atoms with Crippen molar-refractivity contribution in [1.82, 2.24) is 14.9 Å². The van der Waals surface area contributed by atoms with Crippen molar-refractivity contribution in [2.45, 2.75) is 27.2 Å². The minimum atomic E-state index is 0.175. The lowest BCUT2D eigenvalue weighted by molar-refractivity contribution is -0.120. The number of carbonyl (C=O) groups excluding carboxylic acids is 1. The molecule has 31 heavy (non-hydrogen) atoms. The number of hydrogen-bond acceptors (Lipinski definition) is 6. The Hall–Kier alpha value is -2.99. The third-order valence-electron chi connectivity index (χ3n) is 5.68. The predicted octanol–water partition coefficient (Wildman–Crippen LogP) is 4.05. The van der Waals surface area contributed by atoms with Crippen LogP contribution < -0.4 is 4.90 Å². The Morgan fingerprint density at radius 3 is 2.52 bits per heavy atom. The monoisotopic (exact) mass is 418 g/mol. The summed E-state index contributed by atoms with van der Waals surface area (Å²) in [5.74, 6) is 2.30. The first kappa shape index (κ1) is 21.2. The van der Waals surface area contributed by atoms with Crippen LogP contribution in [0.2, 0.25) is 0 Å². The number of aryl methyl sites for hydroxylation is 1. The maximum absolute atomic E-state index is 12.2. The first-order chi connectivity index (χ1) is 14.9. The van der Waals surface area contributed by atoms with Crippen LogP contribution in [-0.2, 0) is 4.79 Å². The molecule has 3 aromatic rings. The Labute approximate surface area is 183 Å². The van der Waals surface area contributed by atoms with Crippen LogP contribution in [0.4, 0.5) is 5.82 Å². The van der Waals surface area contributed by atoms with E-state index >= 15 is 0 Å². The van der Waals surface area contributed by atoms with Crippen molar-refractivity contribution in [2.24, 2.45) is 5.92 Å². The lowest BCUT2D eigenvalue weighted by atomic mass is 10.1. The van der Waals surface area contributed by atoms with Gasteiger partial charge >= 0.3 is 0 Å². The zero-order valence-corrected chi connectivity index (χ0v) is 18.5. The zero-order valence-electron chi connectivity index (χ0n) is 18.5. The summed E-state index contributed by atoms with van der Waals surface area (Å²) in [6.07, 6.45) is 0.639. The summed E-state index contributed by atoms with van der Waals surface area (Å²) in [6.45, 7) is 10.00. The minimum absolute atomic E-state index is 0.175. The van der Waals surface area contributed by atoms with E-state index in [1.165, 1.54) is 0 Å². The Morgan fingerprint density at radius 2 is 1.81 bits per heavy atom. The molecule has 162 valence electrons. The molecule has 0 amide bonds. The van der Waals surface area contributed by atoms with Crippen LogP contribution in [0.3, 0.4) is 0 Å². The Bertz CT molecular complexity index is 1090. The molecule has 0 spiro atoms. The van der Waals surface area contributed by atoms with Crippen molar-refractivity contribution in [3.05, 3.63) is 48.0 Å². The maximum Gasteiger partial charge on any atom is 0.165 e. The molecule has 0 aliphatic carbocycles. The number of carbonyl (C=O) groups is 1. The van der Waals surface area contributed by atoms with Crippen molar-refractivity contribution in [3.8, 4) is 17.1 Å². The molecule has 1 aliphatic rings. The van der Waals surface area contributed by atoms with Gasteiger partial charge in [-0.1, -0.05) is 32.0 Å². The highest BCUT2D eigenvalue weighted by molar-refractivity contribution is 5.92. The van der Waals surface area contributed by atoms with Gasteiger partial charge in [0.2, 0.25) is 0 Å². The molecule has 0 bridgehead atoms. The molecule has 1 aliphatic heterocycles. The van der Waals surface area contributed by atoms with E-state index in [1.54, 1.807) is 12.1 Å². The van der Waals surface area contributed by atoms with Crippen LogP contribution >= 0.6 is 0 Å². The average molecular weight is 419 g/mol. The number of fused-ring (bicyclic) bond motifs is 1. The third-order valence-corrected chi connectivity index (χ3v) is 5.68. The maximum atomic E-state index is 12.2. The number of anilines is 1. The van der Waals surface area contributed by atoms with Crippen molar-refractivity contribution in [2.75, 3.05) is 37.6 Å². The highest BCUT2D eigenvalue weighted by Gasteiger charge is 2.23. The van der Waals surface area contributed by atoms with Crippen molar-refractivity contribution in [3.63, 3.8) is 0 Å². The van der Waals surface area contributed by atoms with E-state index in [2.05, 4.69) is 41.8 Å². The van der Waals surface area contributed by atoms with Gasteiger partial charge in [-0.2, -0.15) is 0 Å². The quantitative estimate of drug-likeness (QED) is 0.651. The summed E-state index contributed by atoms with van der Waals surface area (Å²) in [5, 5.41) is 11.3.